The number of benzene rings is 1. The molecule has 2 aromatic heterocycles. The number of furan rings is 1. The Labute approximate surface area is 145 Å². The fourth-order valence-corrected chi connectivity index (χ4v) is 3.32. The summed E-state index contributed by atoms with van der Waals surface area (Å²) in [6.45, 7) is 5.02. The Morgan fingerprint density at radius 2 is 2.00 bits per heavy atom. The molecule has 4 rings (SSSR count). The Bertz CT molecular complexity index is 960. The molecule has 0 unspecified atom stereocenters. The average molecular weight is 338 g/mol. The van der Waals surface area contributed by atoms with Crippen molar-refractivity contribution in [2.75, 3.05) is 39.3 Å². The molecule has 3 heterocycles. The molecule has 7 nitrogen and oxygen atoms in total. The van der Waals surface area contributed by atoms with Gasteiger partial charge in [-0.3, -0.25) is 14.6 Å². The van der Waals surface area contributed by atoms with Crippen molar-refractivity contribution in [3.63, 3.8) is 0 Å². The van der Waals surface area contributed by atoms with E-state index in [1.165, 1.54) is 0 Å². The first kappa shape index (κ1) is 16.3. The Hall–Kier alpha value is -2.16. The van der Waals surface area contributed by atoms with Crippen molar-refractivity contribution in [2.24, 2.45) is 0 Å². The molecule has 1 fully saturated rings. The largest absolute Gasteiger partial charge is 0.449 e. The van der Waals surface area contributed by atoms with Crippen molar-refractivity contribution in [2.45, 2.75) is 6.54 Å². The number of β-amino-alcohol motifs (C(OH)–C–C–N with tert-alkyl or cyclic N) is 1. The van der Waals surface area contributed by atoms with E-state index in [-0.39, 0.29) is 17.7 Å². The van der Waals surface area contributed by atoms with Gasteiger partial charge in [0.25, 0.3) is 5.56 Å². The molecule has 0 amide bonds. The van der Waals surface area contributed by atoms with Crippen LogP contribution in [-0.4, -0.2) is 72.1 Å². The summed E-state index contributed by atoms with van der Waals surface area (Å²) in [7, 11) is 5.85. The number of aliphatic hydroxyl groups excluding tert-OH is 1. The molecule has 128 valence electrons. The van der Waals surface area contributed by atoms with Gasteiger partial charge in [0.05, 0.1) is 13.2 Å². The summed E-state index contributed by atoms with van der Waals surface area (Å²) in [5.74, 6) is 0.623. The van der Waals surface area contributed by atoms with Gasteiger partial charge in [-0.15, -0.1) is 0 Å². The topological polar surface area (TPSA) is 85.6 Å². The van der Waals surface area contributed by atoms with Crippen molar-refractivity contribution < 1.29 is 9.52 Å². The van der Waals surface area contributed by atoms with Crippen LogP contribution in [0.5, 0.6) is 0 Å². The maximum absolute atomic E-state index is 12.4. The van der Waals surface area contributed by atoms with Crippen LogP contribution < -0.4 is 11.0 Å². The molecular formula is C17H19BN4O3. The summed E-state index contributed by atoms with van der Waals surface area (Å²) in [5.41, 5.74) is 1.74. The molecule has 0 saturated carbocycles. The number of hydrogen-bond acceptors (Lipinski definition) is 6. The van der Waals surface area contributed by atoms with Crippen LogP contribution in [0.1, 0.15) is 5.82 Å². The summed E-state index contributed by atoms with van der Waals surface area (Å²) in [5, 5.41) is 9.77. The number of aromatic amines is 1. The minimum atomic E-state index is -0.270. The van der Waals surface area contributed by atoms with Gasteiger partial charge in [0.15, 0.2) is 0 Å². The van der Waals surface area contributed by atoms with E-state index in [1.54, 1.807) is 18.2 Å². The van der Waals surface area contributed by atoms with E-state index in [1.807, 2.05) is 0 Å². The van der Waals surface area contributed by atoms with Crippen LogP contribution in [-0.2, 0) is 6.54 Å². The zero-order valence-electron chi connectivity index (χ0n) is 13.9. The lowest BCUT2D eigenvalue weighted by atomic mass is 9.95. The third-order valence-electron chi connectivity index (χ3n) is 4.65. The molecule has 0 atom stereocenters. The molecule has 1 aliphatic rings. The summed E-state index contributed by atoms with van der Waals surface area (Å²) >= 11 is 0. The Balaban J connectivity index is 1.61. The van der Waals surface area contributed by atoms with Crippen LogP contribution >= 0.6 is 0 Å². The van der Waals surface area contributed by atoms with Crippen molar-refractivity contribution in [3.8, 4) is 0 Å². The second-order valence-electron chi connectivity index (χ2n) is 6.39. The first-order valence-corrected chi connectivity index (χ1v) is 8.40. The number of rotatable bonds is 4. The smallest absolute Gasteiger partial charge is 0.294 e. The number of nitrogens with one attached hydrogen (secondary N) is 1. The molecule has 1 saturated heterocycles. The fraction of sp³-hybridized carbons (Fsp3) is 0.412. The quantitative estimate of drug-likeness (QED) is 0.628. The highest BCUT2D eigenvalue weighted by Gasteiger charge is 2.19. The van der Waals surface area contributed by atoms with Crippen LogP contribution in [0, 0.1) is 0 Å². The number of aromatic nitrogens is 2. The number of fused-ring (bicyclic) bond motifs is 3. The summed E-state index contributed by atoms with van der Waals surface area (Å²) in [6.07, 6.45) is 0. The van der Waals surface area contributed by atoms with E-state index in [0.29, 0.717) is 35.5 Å². The molecule has 1 aliphatic heterocycles. The fourth-order valence-electron chi connectivity index (χ4n) is 3.32. The lowest BCUT2D eigenvalue weighted by Gasteiger charge is -2.33. The van der Waals surface area contributed by atoms with Gasteiger partial charge >= 0.3 is 0 Å². The highest BCUT2D eigenvalue weighted by atomic mass is 16.3. The van der Waals surface area contributed by atoms with Gasteiger partial charge in [0, 0.05) is 38.1 Å². The van der Waals surface area contributed by atoms with E-state index in [0.717, 1.165) is 31.6 Å². The first-order valence-electron chi connectivity index (χ1n) is 8.40. The average Bonchev–Trinajstić information content (AvgIpc) is 2.96. The van der Waals surface area contributed by atoms with Gasteiger partial charge in [-0.05, 0) is 6.07 Å². The van der Waals surface area contributed by atoms with E-state index in [2.05, 4.69) is 19.8 Å². The van der Waals surface area contributed by atoms with E-state index in [4.69, 9.17) is 17.4 Å². The maximum Gasteiger partial charge on any atom is 0.294 e. The second kappa shape index (κ2) is 6.63. The van der Waals surface area contributed by atoms with Crippen molar-refractivity contribution in [1.29, 1.82) is 0 Å². The first-order chi connectivity index (χ1) is 12.1. The molecular weight excluding hydrogens is 319 g/mol. The number of H-pyrrole nitrogens is 1. The maximum atomic E-state index is 12.4. The van der Waals surface area contributed by atoms with E-state index < -0.39 is 0 Å². The lowest BCUT2D eigenvalue weighted by molar-refractivity contribution is 0.107. The second-order valence-corrected chi connectivity index (χ2v) is 6.39. The molecule has 1 aromatic carbocycles. The zero-order valence-corrected chi connectivity index (χ0v) is 13.9. The third-order valence-corrected chi connectivity index (χ3v) is 4.65. The minimum absolute atomic E-state index is 0.183. The number of piperazine rings is 1. The predicted molar refractivity (Wildman–Crippen MR) is 96.3 cm³/mol. The van der Waals surface area contributed by atoms with Crippen LogP contribution in [0.3, 0.4) is 0 Å². The molecule has 0 spiro atoms. The van der Waals surface area contributed by atoms with Gasteiger partial charge in [-0.25, -0.2) is 4.98 Å². The van der Waals surface area contributed by atoms with Gasteiger partial charge in [0.2, 0.25) is 5.58 Å². The number of hydrogen-bond donors (Lipinski definition) is 2. The van der Waals surface area contributed by atoms with Crippen LogP contribution in [0.4, 0.5) is 0 Å². The van der Waals surface area contributed by atoms with Gasteiger partial charge in [-0.2, -0.15) is 0 Å². The zero-order chi connectivity index (χ0) is 17.4. The van der Waals surface area contributed by atoms with Crippen LogP contribution in [0.15, 0.2) is 27.4 Å². The molecule has 0 aliphatic carbocycles. The van der Waals surface area contributed by atoms with Crippen LogP contribution in [0.2, 0.25) is 0 Å². The van der Waals surface area contributed by atoms with Crippen molar-refractivity contribution in [3.05, 3.63) is 34.4 Å². The van der Waals surface area contributed by atoms with Crippen molar-refractivity contribution >= 4 is 35.4 Å². The highest BCUT2D eigenvalue weighted by molar-refractivity contribution is 6.33. The highest BCUT2D eigenvalue weighted by Crippen LogP contribution is 2.23. The third kappa shape index (κ3) is 3.20. The SMILES string of the molecule is [B]c1ccc2oc3c(=O)[nH]c(CN4CCN(CCO)CC4)nc3c2c1. The Kier molecular flexibility index (Phi) is 4.33. The van der Waals surface area contributed by atoms with Crippen LogP contribution in [0.25, 0.3) is 22.1 Å². The van der Waals surface area contributed by atoms with Gasteiger partial charge < -0.3 is 14.5 Å². The number of nitrogens with zero attached hydrogens (tertiary/aromatic N) is 3. The molecule has 8 heteroatoms. The minimum Gasteiger partial charge on any atom is -0.449 e. The monoisotopic (exact) mass is 338 g/mol. The number of aliphatic hydroxyl groups is 1. The van der Waals surface area contributed by atoms with E-state index >= 15 is 0 Å². The van der Waals surface area contributed by atoms with Gasteiger partial charge in [-0.1, -0.05) is 17.6 Å². The van der Waals surface area contributed by atoms with E-state index in [9.17, 15) is 4.79 Å². The normalized spacial score (nSPS) is 16.8. The van der Waals surface area contributed by atoms with Crippen molar-refractivity contribution in [1.82, 2.24) is 19.8 Å². The lowest BCUT2D eigenvalue weighted by Crippen LogP contribution is -2.46. The summed E-state index contributed by atoms with van der Waals surface area (Å²) < 4.78 is 5.62. The molecule has 25 heavy (non-hydrogen) atoms. The molecule has 2 N–H and O–H groups in total. The standard InChI is InChI=1S/C17H19BN4O3/c18-11-1-2-13-12(9-11)15-16(25-13)17(24)20-14(19-15)10-22-5-3-21(4-6-22)7-8-23/h1-2,9,23H,3-8,10H2,(H,19,20,24). The molecule has 0 bridgehead atoms. The predicted octanol–water partition coefficient (Wildman–Crippen LogP) is -0.427. The van der Waals surface area contributed by atoms with Gasteiger partial charge in [0.1, 0.15) is 24.8 Å². The molecule has 3 aromatic rings. The molecule has 2 radical (unpaired) electrons. The Morgan fingerprint density at radius 3 is 2.76 bits per heavy atom. The Morgan fingerprint density at radius 1 is 1.24 bits per heavy atom. The summed E-state index contributed by atoms with van der Waals surface area (Å²) in [6, 6.07) is 5.28. The summed E-state index contributed by atoms with van der Waals surface area (Å²) in [4.78, 5) is 24.3.